The highest BCUT2D eigenvalue weighted by molar-refractivity contribution is 7.92. The van der Waals surface area contributed by atoms with Crippen molar-refractivity contribution in [3.63, 3.8) is 0 Å². The number of nitrogens with one attached hydrogen (secondary N) is 3. The molecule has 2 aliphatic heterocycles. The molecule has 7 nitrogen and oxygen atoms in total. The van der Waals surface area contributed by atoms with Crippen molar-refractivity contribution in [3.8, 4) is 0 Å². The van der Waals surface area contributed by atoms with Crippen molar-refractivity contribution in [2.24, 2.45) is 0 Å². The quantitative estimate of drug-likeness (QED) is 0.417. The van der Waals surface area contributed by atoms with E-state index in [0.717, 1.165) is 0 Å². The molecule has 0 bridgehead atoms. The molecule has 0 amide bonds. The van der Waals surface area contributed by atoms with Crippen LogP contribution in [0.3, 0.4) is 0 Å². The molecular weight excluding hydrogens is 310 g/mol. The maximum Gasteiger partial charge on any atom is 0.181 e. The summed E-state index contributed by atoms with van der Waals surface area (Å²) in [5.41, 5.74) is 5.58. The van der Waals surface area contributed by atoms with Crippen LogP contribution in [-0.4, -0.2) is 57.0 Å². The van der Waals surface area contributed by atoms with Gasteiger partial charge in [0, 0.05) is 12.1 Å². The summed E-state index contributed by atoms with van der Waals surface area (Å²) in [4.78, 5) is 0. The minimum absolute atomic E-state index is 0.0899. The smallest absolute Gasteiger partial charge is 0.181 e. The SMILES string of the molecule is O=S1(=O)CC[C@@H](NNC(=S)N[C@H]2CCS(=O)(=O)C2)C1. The topological polar surface area (TPSA) is 104 Å². The van der Waals surface area contributed by atoms with E-state index in [1.54, 1.807) is 0 Å². The van der Waals surface area contributed by atoms with Crippen molar-refractivity contribution < 1.29 is 16.8 Å². The highest BCUT2D eigenvalue weighted by Crippen LogP contribution is 2.11. The van der Waals surface area contributed by atoms with Crippen molar-refractivity contribution in [2.75, 3.05) is 23.0 Å². The van der Waals surface area contributed by atoms with Gasteiger partial charge in [0.2, 0.25) is 0 Å². The van der Waals surface area contributed by atoms with Gasteiger partial charge in [-0.05, 0) is 25.1 Å². The first-order chi connectivity index (χ1) is 8.76. The van der Waals surface area contributed by atoms with Crippen molar-refractivity contribution in [1.29, 1.82) is 0 Å². The molecule has 10 heteroatoms. The van der Waals surface area contributed by atoms with Crippen LogP contribution in [0.25, 0.3) is 0 Å². The summed E-state index contributed by atoms with van der Waals surface area (Å²) >= 11 is 5.03. The van der Waals surface area contributed by atoms with Gasteiger partial charge in [-0.2, -0.15) is 0 Å². The van der Waals surface area contributed by atoms with E-state index in [1.165, 1.54) is 0 Å². The van der Waals surface area contributed by atoms with Crippen LogP contribution in [-0.2, 0) is 19.7 Å². The number of hydrogen-bond donors (Lipinski definition) is 3. The Hall–Kier alpha value is -0.450. The molecule has 2 atom stereocenters. The first-order valence-electron chi connectivity index (χ1n) is 5.99. The maximum atomic E-state index is 11.3. The summed E-state index contributed by atoms with van der Waals surface area (Å²) in [6.45, 7) is 0. The molecule has 0 spiro atoms. The molecule has 0 saturated carbocycles. The van der Waals surface area contributed by atoms with Gasteiger partial charge in [-0.25, -0.2) is 22.3 Å². The lowest BCUT2D eigenvalue weighted by Crippen LogP contribution is -2.51. The fourth-order valence-electron chi connectivity index (χ4n) is 2.21. The number of rotatable bonds is 3. The van der Waals surface area contributed by atoms with E-state index >= 15 is 0 Å². The van der Waals surface area contributed by atoms with Gasteiger partial charge in [-0.1, -0.05) is 0 Å². The Morgan fingerprint density at radius 2 is 1.47 bits per heavy atom. The number of hydrogen-bond acceptors (Lipinski definition) is 6. The monoisotopic (exact) mass is 327 g/mol. The molecular formula is C9H17N3O4S3. The molecule has 2 heterocycles. The average molecular weight is 327 g/mol. The fourth-order valence-corrected chi connectivity index (χ4v) is 5.78. The maximum absolute atomic E-state index is 11.3. The molecule has 19 heavy (non-hydrogen) atoms. The van der Waals surface area contributed by atoms with Crippen LogP contribution in [0.15, 0.2) is 0 Å². The van der Waals surface area contributed by atoms with Gasteiger partial charge in [0.05, 0.1) is 23.0 Å². The standard InChI is InChI=1S/C9H17N3O4S3/c13-18(14)3-1-7(5-18)10-9(17)12-11-8-2-4-19(15,16)6-8/h7-8,11H,1-6H2,(H2,10,12,17)/t7-,8+/m0/s1. The molecule has 0 aromatic carbocycles. The van der Waals surface area contributed by atoms with Crippen molar-refractivity contribution in [1.82, 2.24) is 16.2 Å². The molecule has 0 aliphatic carbocycles. The first kappa shape index (κ1) is 14.9. The van der Waals surface area contributed by atoms with E-state index in [0.29, 0.717) is 18.0 Å². The van der Waals surface area contributed by atoms with Gasteiger partial charge < -0.3 is 5.32 Å². The number of hydrazine groups is 1. The zero-order chi connectivity index (χ0) is 14.1. The van der Waals surface area contributed by atoms with Crippen molar-refractivity contribution in [3.05, 3.63) is 0 Å². The third-order valence-electron chi connectivity index (χ3n) is 3.19. The highest BCUT2D eigenvalue weighted by atomic mass is 32.2. The van der Waals surface area contributed by atoms with Crippen LogP contribution in [0.4, 0.5) is 0 Å². The lowest BCUT2D eigenvalue weighted by Gasteiger charge is -2.17. The van der Waals surface area contributed by atoms with Crippen molar-refractivity contribution in [2.45, 2.75) is 24.9 Å². The van der Waals surface area contributed by atoms with Gasteiger partial charge in [-0.15, -0.1) is 0 Å². The minimum Gasteiger partial charge on any atom is -0.358 e. The lowest BCUT2D eigenvalue weighted by atomic mass is 10.3. The van der Waals surface area contributed by atoms with Gasteiger partial charge in [0.15, 0.2) is 24.8 Å². The van der Waals surface area contributed by atoms with E-state index < -0.39 is 19.7 Å². The third kappa shape index (κ3) is 4.55. The normalized spacial score (nSPS) is 32.0. The van der Waals surface area contributed by atoms with Gasteiger partial charge in [-0.3, -0.25) is 5.43 Å². The Bertz CT molecular complexity index is 557. The van der Waals surface area contributed by atoms with Gasteiger partial charge >= 0.3 is 0 Å². The second kappa shape index (κ2) is 5.51. The second-order valence-corrected chi connectivity index (χ2v) is 9.81. The summed E-state index contributed by atoms with van der Waals surface area (Å²) in [6.07, 6.45) is 1.09. The fraction of sp³-hybridized carbons (Fsp3) is 0.889. The number of thiocarbonyl (C=S) groups is 1. The van der Waals surface area contributed by atoms with E-state index in [9.17, 15) is 16.8 Å². The second-order valence-electron chi connectivity index (χ2n) is 4.94. The van der Waals surface area contributed by atoms with E-state index in [4.69, 9.17) is 12.2 Å². The summed E-state index contributed by atoms with van der Waals surface area (Å²) in [5.74, 6) is 0.558. The molecule has 0 radical (unpaired) electrons. The molecule has 110 valence electrons. The van der Waals surface area contributed by atoms with Crippen LogP contribution >= 0.6 is 12.2 Å². The zero-order valence-corrected chi connectivity index (χ0v) is 12.7. The Balaban J connectivity index is 1.71. The largest absolute Gasteiger partial charge is 0.358 e. The highest BCUT2D eigenvalue weighted by Gasteiger charge is 2.29. The molecule has 2 saturated heterocycles. The Kier molecular flexibility index (Phi) is 4.33. The first-order valence-corrected chi connectivity index (χ1v) is 10.0. The average Bonchev–Trinajstić information content (AvgIpc) is 2.78. The molecule has 2 fully saturated rings. The van der Waals surface area contributed by atoms with Crippen molar-refractivity contribution >= 4 is 37.0 Å². The van der Waals surface area contributed by atoms with Gasteiger partial charge in [0.1, 0.15) is 0 Å². The predicted octanol–water partition coefficient (Wildman–Crippen LogP) is -1.67. The Morgan fingerprint density at radius 3 is 1.95 bits per heavy atom. The lowest BCUT2D eigenvalue weighted by molar-refractivity contribution is 0.518. The van der Waals surface area contributed by atoms with E-state index in [2.05, 4.69) is 16.2 Å². The molecule has 0 aromatic rings. The third-order valence-corrected chi connectivity index (χ3v) is 6.95. The summed E-state index contributed by atoms with van der Waals surface area (Å²) in [6, 6.07) is -0.323. The molecule has 2 rings (SSSR count). The van der Waals surface area contributed by atoms with Crippen LogP contribution in [0.2, 0.25) is 0 Å². The minimum atomic E-state index is -2.94. The van der Waals surface area contributed by atoms with Crippen LogP contribution in [0, 0.1) is 0 Å². The molecule has 0 aromatic heterocycles. The molecule has 2 aliphatic rings. The molecule has 3 N–H and O–H groups in total. The van der Waals surface area contributed by atoms with E-state index in [1.807, 2.05) is 0 Å². The molecule has 0 unspecified atom stereocenters. The van der Waals surface area contributed by atoms with Crippen LogP contribution in [0.5, 0.6) is 0 Å². The number of sulfone groups is 2. The zero-order valence-electron chi connectivity index (χ0n) is 10.3. The van der Waals surface area contributed by atoms with Crippen LogP contribution < -0.4 is 16.2 Å². The Labute approximate surface area is 118 Å². The predicted molar refractivity (Wildman–Crippen MR) is 76.1 cm³/mol. The van der Waals surface area contributed by atoms with Crippen LogP contribution in [0.1, 0.15) is 12.8 Å². The Morgan fingerprint density at radius 1 is 0.947 bits per heavy atom. The summed E-state index contributed by atoms with van der Waals surface area (Å²) in [5, 5.41) is 3.21. The van der Waals surface area contributed by atoms with E-state index in [-0.39, 0.29) is 35.1 Å². The summed E-state index contributed by atoms with van der Waals surface area (Å²) < 4.78 is 45.1. The summed E-state index contributed by atoms with van der Waals surface area (Å²) in [7, 11) is -5.86. The van der Waals surface area contributed by atoms with Gasteiger partial charge in [0.25, 0.3) is 0 Å².